The van der Waals surface area contributed by atoms with Gasteiger partial charge in [-0.15, -0.1) is 0 Å². The molecule has 16 heavy (non-hydrogen) atoms. The van der Waals surface area contributed by atoms with Crippen LogP contribution in [0.15, 0.2) is 24.3 Å². The quantitative estimate of drug-likeness (QED) is 0.775. The van der Waals surface area contributed by atoms with Crippen molar-refractivity contribution in [3.8, 4) is 0 Å². The molecule has 1 atom stereocenters. The lowest BCUT2D eigenvalue weighted by Gasteiger charge is -2.25. The van der Waals surface area contributed by atoms with Crippen LogP contribution in [-0.2, 0) is 16.0 Å². The molecule has 1 aromatic carbocycles. The summed E-state index contributed by atoms with van der Waals surface area (Å²) in [4.78, 5) is 13.5. The fourth-order valence-electron chi connectivity index (χ4n) is 2.34. The van der Waals surface area contributed by atoms with Gasteiger partial charge in [-0.05, 0) is 24.0 Å². The zero-order valence-corrected chi connectivity index (χ0v) is 9.77. The minimum absolute atomic E-state index is 0.0456. The molecule has 0 heterocycles. The van der Waals surface area contributed by atoms with Gasteiger partial charge in [-0.2, -0.15) is 0 Å². The SMILES string of the molecule is COCC(=O)N(C)C1CCc2ccccc21. The molecule has 0 spiro atoms. The molecule has 1 aliphatic carbocycles. The van der Waals surface area contributed by atoms with Crippen LogP contribution >= 0.6 is 0 Å². The molecule has 0 aliphatic heterocycles. The van der Waals surface area contributed by atoms with E-state index in [9.17, 15) is 4.79 Å². The standard InChI is InChI=1S/C13H17NO2/c1-14(13(15)9-16-2)12-8-7-10-5-3-4-6-11(10)12/h3-6,12H,7-9H2,1-2H3. The van der Waals surface area contributed by atoms with Gasteiger partial charge < -0.3 is 9.64 Å². The highest BCUT2D eigenvalue weighted by molar-refractivity contribution is 5.77. The summed E-state index contributed by atoms with van der Waals surface area (Å²) < 4.78 is 4.88. The van der Waals surface area contributed by atoms with Crippen molar-refractivity contribution in [2.24, 2.45) is 0 Å². The molecule has 0 N–H and O–H groups in total. The fraction of sp³-hybridized carbons (Fsp3) is 0.462. The normalized spacial score (nSPS) is 18.2. The number of fused-ring (bicyclic) bond motifs is 1. The van der Waals surface area contributed by atoms with Gasteiger partial charge in [0.1, 0.15) is 6.61 Å². The zero-order valence-electron chi connectivity index (χ0n) is 9.77. The summed E-state index contributed by atoms with van der Waals surface area (Å²) in [6.07, 6.45) is 2.08. The summed E-state index contributed by atoms with van der Waals surface area (Å²) in [5.74, 6) is 0.0456. The first kappa shape index (κ1) is 11.1. The first-order valence-corrected chi connectivity index (χ1v) is 5.56. The Morgan fingerprint density at radius 3 is 3.00 bits per heavy atom. The minimum Gasteiger partial charge on any atom is -0.375 e. The smallest absolute Gasteiger partial charge is 0.248 e. The summed E-state index contributed by atoms with van der Waals surface area (Å²) >= 11 is 0. The molecule has 0 saturated carbocycles. The number of hydrogen-bond donors (Lipinski definition) is 0. The van der Waals surface area contributed by atoms with Crippen LogP contribution < -0.4 is 0 Å². The summed E-state index contributed by atoms with van der Waals surface area (Å²) in [7, 11) is 3.41. The van der Waals surface area contributed by atoms with Gasteiger partial charge in [-0.3, -0.25) is 4.79 Å². The third kappa shape index (κ3) is 1.95. The summed E-state index contributed by atoms with van der Waals surface area (Å²) in [5.41, 5.74) is 2.65. The number of likely N-dealkylation sites (N-methyl/N-ethyl adjacent to an activating group) is 1. The number of ether oxygens (including phenoxy) is 1. The van der Waals surface area contributed by atoms with Crippen LogP contribution in [0.2, 0.25) is 0 Å². The highest BCUT2D eigenvalue weighted by Gasteiger charge is 2.27. The minimum atomic E-state index is 0.0456. The van der Waals surface area contributed by atoms with Crippen molar-refractivity contribution in [1.82, 2.24) is 4.90 Å². The van der Waals surface area contributed by atoms with Crippen molar-refractivity contribution in [1.29, 1.82) is 0 Å². The van der Waals surface area contributed by atoms with Gasteiger partial charge >= 0.3 is 0 Å². The highest BCUT2D eigenvalue weighted by atomic mass is 16.5. The van der Waals surface area contributed by atoms with Crippen LogP contribution in [-0.4, -0.2) is 31.6 Å². The Balaban J connectivity index is 2.15. The van der Waals surface area contributed by atoms with Gasteiger partial charge in [0.15, 0.2) is 0 Å². The lowest BCUT2D eigenvalue weighted by Crippen LogP contribution is -2.32. The monoisotopic (exact) mass is 219 g/mol. The lowest BCUT2D eigenvalue weighted by atomic mass is 10.1. The Labute approximate surface area is 96.0 Å². The molecule has 0 bridgehead atoms. The van der Waals surface area contributed by atoms with E-state index < -0.39 is 0 Å². The maximum absolute atomic E-state index is 11.7. The van der Waals surface area contributed by atoms with Crippen LogP contribution in [0.5, 0.6) is 0 Å². The van der Waals surface area contributed by atoms with E-state index in [0.29, 0.717) is 0 Å². The first-order valence-electron chi connectivity index (χ1n) is 5.56. The van der Waals surface area contributed by atoms with Crippen molar-refractivity contribution in [3.05, 3.63) is 35.4 Å². The van der Waals surface area contributed by atoms with Crippen LogP contribution in [0.25, 0.3) is 0 Å². The summed E-state index contributed by atoms with van der Waals surface area (Å²) in [6, 6.07) is 8.57. The van der Waals surface area contributed by atoms with E-state index in [1.807, 2.05) is 13.1 Å². The van der Waals surface area contributed by atoms with Crippen molar-refractivity contribution < 1.29 is 9.53 Å². The van der Waals surface area contributed by atoms with Gasteiger partial charge in [0.2, 0.25) is 5.91 Å². The molecule has 1 aliphatic rings. The number of rotatable bonds is 3. The molecule has 3 nitrogen and oxygen atoms in total. The van der Waals surface area contributed by atoms with Crippen LogP contribution in [0.4, 0.5) is 0 Å². The van der Waals surface area contributed by atoms with Crippen LogP contribution in [0.3, 0.4) is 0 Å². The summed E-state index contributed by atoms with van der Waals surface area (Å²) in [5, 5.41) is 0. The van der Waals surface area contributed by atoms with E-state index in [2.05, 4.69) is 18.2 Å². The van der Waals surface area contributed by atoms with Crippen molar-refractivity contribution in [2.45, 2.75) is 18.9 Å². The highest BCUT2D eigenvalue weighted by Crippen LogP contribution is 2.34. The number of amides is 1. The van der Waals surface area contributed by atoms with Crippen LogP contribution in [0.1, 0.15) is 23.6 Å². The number of benzene rings is 1. The molecule has 0 saturated heterocycles. The fourth-order valence-corrected chi connectivity index (χ4v) is 2.34. The number of carbonyl (C=O) groups excluding carboxylic acids is 1. The largest absolute Gasteiger partial charge is 0.375 e. The molecule has 1 amide bonds. The molecule has 0 radical (unpaired) electrons. The molecule has 3 heteroatoms. The first-order chi connectivity index (χ1) is 7.74. The topological polar surface area (TPSA) is 29.5 Å². The Kier molecular flexibility index (Phi) is 3.25. The Morgan fingerprint density at radius 2 is 2.25 bits per heavy atom. The molecule has 0 fully saturated rings. The average Bonchev–Trinajstić information content (AvgIpc) is 2.72. The molecule has 1 aromatic rings. The predicted molar refractivity (Wildman–Crippen MR) is 62.2 cm³/mol. The maximum atomic E-state index is 11.7. The number of nitrogens with zero attached hydrogens (tertiary/aromatic N) is 1. The lowest BCUT2D eigenvalue weighted by molar-refractivity contribution is -0.136. The second-order valence-corrected chi connectivity index (χ2v) is 4.19. The Bertz CT molecular complexity index is 389. The van der Waals surface area contributed by atoms with Crippen molar-refractivity contribution in [3.63, 3.8) is 0 Å². The maximum Gasteiger partial charge on any atom is 0.248 e. The third-order valence-electron chi connectivity index (χ3n) is 3.23. The van der Waals surface area contributed by atoms with Crippen LogP contribution in [0, 0.1) is 0 Å². The second-order valence-electron chi connectivity index (χ2n) is 4.19. The Morgan fingerprint density at radius 1 is 1.50 bits per heavy atom. The number of methoxy groups -OCH3 is 1. The van der Waals surface area contributed by atoms with Gasteiger partial charge in [0.05, 0.1) is 6.04 Å². The third-order valence-corrected chi connectivity index (χ3v) is 3.23. The molecular weight excluding hydrogens is 202 g/mol. The predicted octanol–water partition coefficient (Wildman–Crippen LogP) is 1.78. The van der Waals surface area contributed by atoms with E-state index in [4.69, 9.17) is 4.74 Å². The van der Waals surface area contributed by atoms with E-state index >= 15 is 0 Å². The molecule has 86 valence electrons. The van der Waals surface area contributed by atoms with Gasteiger partial charge in [-0.1, -0.05) is 24.3 Å². The Hall–Kier alpha value is -1.35. The average molecular weight is 219 g/mol. The molecule has 2 rings (SSSR count). The number of hydrogen-bond acceptors (Lipinski definition) is 2. The van der Waals surface area contributed by atoms with Crippen molar-refractivity contribution >= 4 is 5.91 Å². The van der Waals surface area contributed by atoms with E-state index in [-0.39, 0.29) is 18.6 Å². The van der Waals surface area contributed by atoms with E-state index in [1.54, 1.807) is 12.0 Å². The van der Waals surface area contributed by atoms with E-state index in [0.717, 1.165) is 12.8 Å². The zero-order chi connectivity index (χ0) is 11.5. The molecule has 1 unspecified atom stereocenters. The number of carbonyl (C=O) groups is 1. The van der Waals surface area contributed by atoms with Gasteiger partial charge in [0.25, 0.3) is 0 Å². The summed E-state index contributed by atoms with van der Waals surface area (Å²) in [6.45, 7) is 0.162. The number of aryl methyl sites for hydroxylation is 1. The van der Waals surface area contributed by atoms with E-state index in [1.165, 1.54) is 11.1 Å². The molecule has 0 aromatic heterocycles. The van der Waals surface area contributed by atoms with Gasteiger partial charge in [-0.25, -0.2) is 0 Å². The second kappa shape index (κ2) is 4.66. The molecular formula is C13H17NO2. The van der Waals surface area contributed by atoms with Gasteiger partial charge in [0, 0.05) is 14.2 Å². The van der Waals surface area contributed by atoms with Crippen molar-refractivity contribution in [2.75, 3.05) is 20.8 Å².